The Morgan fingerprint density at radius 3 is 2.56 bits per heavy atom. The average Bonchev–Trinajstić information content (AvgIpc) is 3.45. The predicted molar refractivity (Wildman–Crippen MR) is 132 cm³/mol. The highest BCUT2D eigenvalue weighted by atomic mass is 32.2. The van der Waals surface area contributed by atoms with Crippen LogP contribution >= 0.6 is 11.8 Å². The molecule has 0 N–H and O–H groups in total. The van der Waals surface area contributed by atoms with E-state index in [0.29, 0.717) is 0 Å². The maximum absolute atomic E-state index is 5.97. The second-order valence-corrected chi connectivity index (χ2v) is 8.99. The third kappa shape index (κ3) is 4.28. The fraction of sp³-hybridized carbons (Fsp3) is 0.480. The summed E-state index contributed by atoms with van der Waals surface area (Å²) in [5.74, 6) is 1.56. The van der Waals surface area contributed by atoms with Crippen molar-refractivity contribution in [3.63, 3.8) is 0 Å². The Bertz CT molecular complexity index is 1050. The molecule has 7 heteroatoms. The van der Waals surface area contributed by atoms with Gasteiger partial charge in [-0.05, 0) is 62.3 Å². The Labute approximate surface area is 194 Å². The molecular weight excluding hydrogens is 422 g/mol. The predicted octanol–water partition coefficient (Wildman–Crippen LogP) is 5.44. The summed E-state index contributed by atoms with van der Waals surface area (Å²) in [4.78, 5) is 2.46. The number of ether oxygens (including phenoxy) is 3. The third-order valence-electron chi connectivity index (χ3n) is 5.96. The van der Waals surface area contributed by atoms with Gasteiger partial charge in [0.25, 0.3) is 0 Å². The Kier molecular flexibility index (Phi) is 7.16. The van der Waals surface area contributed by atoms with Gasteiger partial charge in [0.15, 0.2) is 0 Å². The van der Waals surface area contributed by atoms with Crippen LogP contribution in [0, 0.1) is 6.92 Å². The number of methoxy groups -OCH3 is 2. The van der Waals surface area contributed by atoms with Crippen LogP contribution in [0.25, 0.3) is 16.8 Å². The first-order valence-corrected chi connectivity index (χ1v) is 12.5. The largest absolute Gasteiger partial charge is 0.496 e. The van der Waals surface area contributed by atoms with Crippen LogP contribution in [0.4, 0.5) is 5.69 Å². The number of hydrogen-bond acceptors (Lipinski definition) is 6. The zero-order valence-electron chi connectivity index (χ0n) is 19.7. The second-order valence-electron chi connectivity index (χ2n) is 8.19. The number of aromatic nitrogens is 2. The van der Waals surface area contributed by atoms with E-state index >= 15 is 0 Å². The lowest BCUT2D eigenvalue weighted by Crippen LogP contribution is -2.33. The first-order valence-electron chi connectivity index (χ1n) is 11.3. The Morgan fingerprint density at radius 2 is 1.97 bits per heavy atom. The van der Waals surface area contributed by atoms with Crippen LogP contribution in [0.15, 0.2) is 35.4 Å². The zero-order valence-corrected chi connectivity index (χ0v) is 20.5. The van der Waals surface area contributed by atoms with E-state index in [-0.39, 0.29) is 6.10 Å². The number of fused-ring (bicyclic) bond motifs is 1. The van der Waals surface area contributed by atoms with Crippen LogP contribution in [0.2, 0.25) is 0 Å². The fourth-order valence-electron chi connectivity index (χ4n) is 4.55. The van der Waals surface area contributed by atoms with Crippen molar-refractivity contribution in [2.75, 3.05) is 45.1 Å². The van der Waals surface area contributed by atoms with Crippen molar-refractivity contribution in [3.8, 4) is 22.8 Å². The van der Waals surface area contributed by atoms with Gasteiger partial charge in [-0.3, -0.25) is 0 Å². The Hall–Kier alpha value is -2.38. The minimum Gasteiger partial charge on any atom is -0.496 e. The molecule has 0 bridgehead atoms. The van der Waals surface area contributed by atoms with Gasteiger partial charge >= 0.3 is 0 Å². The van der Waals surface area contributed by atoms with E-state index in [4.69, 9.17) is 19.3 Å². The zero-order chi connectivity index (χ0) is 22.7. The summed E-state index contributed by atoms with van der Waals surface area (Å²) < 4.78 is 19.5. The van der Waals surface area contributed by atoms with Crippen molar-refractivity contribution in [1.82, 2.24) is 9.61 Å². The van der Waals surface area contributed by atoms with Crippen LogP contribution in [-0.2, 0) is 4.74 Å². The molecule has 0 saturated carbocycles. The van der Waals surface area contributed by atoms with Gasteiger partial charge in [-0.1, -0.05) is 13.0 Å². The molecule has 3 aromatic rings. The molecule has 1 saturated heterocycles. The van der Waals surface area contributed by atoms with Gasteiger partial charge in [0.05, 0.1) is 42.8 Å². The highest BCUT2D eigenvalue weighted by Crippen LogP contribution is 2.42. The number of anilines is 1. The lowest BCUT2D eigenvalue weighted by atomic mass is 10.1. The SMILES string of the molecule is CCCN(CC1CCCO1)c1c(SC)nn2c(-c3c(OC)cc(C)cc3OC)cccc12. The van der Waals surface area contributed by atoms with Crippen molar-refractivity contribution >= 4 is 23.0 Å². The molecule has 0 spiro atoms. The van der Waals surface area contributed by atoms with Gasteiger partial charge in [-0.2, -0.15) is 5.10 Å². The molecular formula is C25H33N3O3S. The number of nitrogens with zero attached hydrogens (tertiary/aromatic N) is 3. The van der Waals surface area contributed by atoms with Gasteiger partial charge in [0.1, 0.15) is 16.5 Å². The minimum absolute atomic E-state index is 0.284. The normalized spacial score (nSPS) is 16.0. The number of benzene rings is 1. The summed E-state index contributed by atoms with van der Waals surface area (Å²) in [6.07, 6.45) is 5.71. The number of pyridine rings is 1. The van der Waals surface area contributed by atoms with E-state index in [2.05, 4.69) is 36.3 Å². The van der Waals surface area contributed by atoms with E-state index in [1.807, 2.05) is 23.6 Å². The standard InChI is InChI=1S/C25H33N3O3S/c1-6-12-27(16-18-9-8-13-31-18)24-20-11-7-10-19(28(20)26-25(24)32-5)23-21(29-3)14-17(2)15-22(23)30-4/h7,10-11,14-15,18H,6,8-9,12-13,16H2,1-5H3. The van der Waals surface area contributed by atoms with E-state index < -0.39 is 0 Å². The Balaban J connectivity index is 1.89. The fourth-order valence-corrected chi connectivity index (χ4v) is 5.14. The lowest BCUT2D eigenvalue weighted by Gasteiger charge is -2.27. The Morgan fingerprint density at radius 1 is 1.22 bits per heavy atom. The van der Waals surface area contributed by atoms with Gasteiger partial charge in [-0.25, -0.2) is 4.52 Å². The van der Waals surface area contributed by atoms with Crippen LogP contribution in [0.1, 0.15) is 31.7 Å². The molecule has 172 valence electrons. The summed E-state index contributed by atoms with van der Waals surface area (Å²) in [6, 6.07) is 10.4. The first kappa shape index (κ1) is 22.8. The smallest absolute Gasteiger partial charge is 0.142 e. The monoisotopic (exact) mass is 455 g/mol. The summed E-state index contributed by atoms with van der Waals surface area (Å²) in [7, 11) is 3.40. The third-order valence-corrected chi connectivity index (χ3v) is 6.62. The summed E-state index contributed by atoms with van der Waals surface area (Å²) in [5, 5.41) is 6.07. The van der Waals surface area contributed by atoms with Crippen LogP contribution < -0.4 is 14.4 Å². The lowest BCUT2D eigenvalue weighted by molar-refractivity contribution is 0.115. The maximum Gasteiger partial charge on any atom is 0.142 e. The molecule has 1 aromatic carbocycles. The topological polar surface area (TPSA) is 48.2 Å². The van der Waals surface area contributed by atoms with E-state index in [9.17, 15) is 0 Å². The number of thioether (sulfide) groups is 1. The molecule has 1 fully saturated rings. The molecule has 0 amide bonds. The van der Waals surface area contributed by atoms with E-state index in [1.54, 1.807) is 26.0 Å². The number of rotatable bonds is 9. The van der Waals surface area contributed by atoms with Gasteiger partial charge < -0.3 is 19.1 Å². The number of hydrogen-bond donors (Lipinski definition) is 0. The molecule has 2 aromatic heterocycles. The van der Waals surface area contributed by atoms with Crippen molar-refractivity contribution in [1.29, 1.82) is 0 Å². The molecule has 6 nitrogen and oxygen atoms in total. The van der Waals surface area contributed by atoms with E-state index in [1.165, 1.54) is 5.69 Å². The molecule has 0 aliphatic carbocycles. The summed E-state index contributed by atoms with van der Waals surface area (Å²) in [5.41, 5.74) is 5.22. The second kappa shape index (κ2) is 10.0. The molecule has 4 rings (SSSR count). The molecule has 32 heavy (non-hydrogen) atoms. The summed E-state index contributed by atoms with van der Waals surface area (Å²) in [6.45, 7) is 6.99. The van der Waals surface area contributed by atoms with Crippen LogP contribution in [0.5, 0.6) is 11.5 Å². The van der Waals surface area contributed by atoms with Crippen molar-refractivity contribution in [2.24, 2.45) is 0 Å². The molecule has 1 atom stereocenters. The van der Waals surface area contributed by atoms with Crippen LogP contribution in [0.3, 0.4) is 0 Å². The molecule has 1 aliphatic heterocycles. The van der Waals surface area contributed by atoms with Crippen molar-refractivity contribution < 1.29 is 14.2 Å². The average molecular weight is 456 g/mol. The van der Waals surface area contributed by atoms with Crippen molar-refractivity contribution in [2.45, 2.75) is 44.2 Å². The van der Waals surface area contributed by atoms with Gasteiger partial charge in [0.2, 0.25) is 0 Å². The molecule has 0 radical (unpaired) electrons. The minimum atomic E-state index is 0.284. The highest BCUT2D eigenvalue weighted by molar-refractivity contribution is 7.98. The first-order chi connectivity index (χ1) is 15.6. The highest BCUT2D eigenvalue weighted by Gasteiger charge is 2.26. The quantitative estimate of drug-likeness (QED) is 0.400. The maximum atomic E-state index is 5.97. The van der Waals surface area contributed by atoms with Crippen molar-refractivity contribution in [3.05, 3.63) is 35.9 Å². The molecule has 1 aliphatic rings. The van der Waals surface area contributed by atoms with Crippen LogP contribution in [-0.4, -0.2) is 55.9 Å². The summed E-state index contributed by atoms with van der Waals surface area (Å²) >= 11 is 1.68. The van der Waals surface area contributed by atoms with Gasteiger partial charge in [0, 0.05) is 19.7 Å². The van der Waals surface area contributed by atoms with E-state index in [0.717, 1.165) is 77.8 Å². The molecule has 3 heterocycles. The molecule has 1 unspecified atom stereocenters. The van der Waals surface area contributed by atoms with Gasteiger partial charge in [-0.15, -0.1) is 11.8 Å². The number of aryl methyl sites for hydroxylation is 1.